The number of hydrazone groups is 1. The quantitative estimate of drug-likeness (QED) is 0.656. The van der Waals surface area contributed by atoms with Crippen LogP contribution in [0.5, 0.6) is 0 Å². The predicted octanol–water partition coefficient (Wildman–Crippen LogP) is 4.01. The Morgan fingerprint density at radius 1 is 1.30 bits per heavy atom. The first kappa shape index (κ1) is 14.7. The van der Waals surface area contributed by atoms with Gasteiger partial charge in [-0.1, -0.05) is 23.7 Å². The van der Waals surface area contributed by atoms with E-state index >= 15 is 0 Å². The van der Waals surface area contributed by atoms with E-state index in [1.54, 1.807) is 36.4 Å². The highest BCUT2D eigenvalue weighted by atomic mass is 79.9. The van der Waals surface area contributed by atoms with Crippen molar-refractivity contribution < 1.29 is 9.18 Å². The standard InChI is InChI=1S/C14H9BrClFN2O/c15-12-6-9(4-5-13(12)17)8-18-19-14(20)10-2-1-3-11(16)7-10/h1-8H,(H,19,20). The van der Waals surface area contributed by atoms with Crippen molar-refractivity contribution in [2.75, 3.05) is 0 Å². The molecule has 3 nitrogen and oxygen atoms in total. The molecule has 0 radical (unpaired) electrons. The van der Waals surface area contributed by atoms with Gasteiger partial charge in [0, 0.05) is 10.6 Å². The Bertz CT molecular complexity index is 676. The molecule has 102 valence electrons. The lowest BCUT2D eigenvalue weighted by molar-refractivity contribution is 0.0955. The van der Waals surface area contributed by atoms with Crippen LogP contribution in [0.3, 0.4) is 0 Å². The van der Waals surface area contributed by atoms with Crippen LogP contribution in [0.15, 0.2) is 52.0 Å². The molecule has 0 heterocycles. The molecule has 6 heteroatoms. The number of nitrogens with zero attached hydrogens (tertiary/aromatic N) is 1. The number of hydrogen-bond acceptors (Lipinski definition) is 2. The molecule has 0 atom stereocenters. The molecule has 0 unspecified atom stereocenters. The molecule has 0 spiro atoms. The van der Waals surface area contributed by atoms with Crippen molar-refractivity contribution in [1.29, 1.82) is 0 Å². The molecule has 1 N–H and O–H groups in total. The van der Waals surface area contributed by atoms with E-state index in [0.29, 0.717) is 20.6 Å². The third kappa shape index (κ3) is 3.88. The number of carbonyl (C=O) groups excluding carboxylic acids is 1. The van der Waals surface area contributed by atoms with E-state index in [0.717, 1.165) is 0 Å². The zero-order chi connectivity index (χ0) is 14.5. The van der Waals surface area contributed by atoms with Crippen LogP contribution in [0.2, 0.25) is 5.02 Å². The van der Waals surface area contributed by atoms with E-state index < -0.39 is 0 Å². The maximum absolute atomic E-state index is 13.0. The number of carbonyl (C=O) groups is 1. The second-order valence-corrected chi connectivity index (χ2v) is 5.17. The second-order valence-electron chi connectivity index (χ2n) is 3.88. The SMILES string of the molecule is O=C(NN=Cc1ccc(F)c(Br)c1)c1cccc(Cl)c1. The number of benzene rings is 2. The molecule has 0 saturated heterocycles. The Hall–Kier alpha value is -1.72. The Morgan fingerprint density at radius 2 is 2.10 bits per heavy atom. The Morgan fingerprint density at radius 3 is 2.80 bits per heavy atom. The summed E-state index contributed by atoms with van der Waals surface area (Å²) in [5.74, 6) is -0.727. The van der Waals surface area contributed by atoms with E-state index in [9.17, 15) is 9.18 Å². The fourth-order valence-electron chi connectivity index (χ4n) is 1.45. The first-order valence-electron chi connectivity index (χ1n) is 5.60. The summed E-state index contributed by atoms with van der Waals surface area (Å²) in [4.78, 5) is 11.8. The Kier molecular flexibility index (Phi) is 4.87. The molecule has 0 saturated carbocycles. The molecule has 0 aliphatic heterocycles. The van der Waals surface area contributed by atoms with Gasteiger partial charge in [-0.2, -0.15) is 5.10 Å². The van der Waals surface area contributed by atoms with Crippen LogP contribution in [0.1, 0.15) is 15.9 Å². The molecular weight excluding hydrogens is 347 g/mol. The van der Waals surface area contributed by atoms with Gasteiger partial charge in [-0.3, -0.25) is 4.79 Å². The molecule has 2 aromatic carbocycles. The minimum atomic E-state index is -0.370. The van der Waals surface area contributed by atoms with Gasteiger partial charge in [0.25, 0.3) is 5.91 Å². The van der Waals surface area contributed by atoms with E-state index in [1.165, 1.54) is 12.3 Å². The van der Waals surface area contributed by atoms with Crippen molar-refractivity contribution in [2.45, 2.75) is 0 Å². The largest absolute Gasteiger partial charge is 0.271 e. The molecule has 0 aliphatic rings. The fraction of sp³-hybridized carbons (Fsp3) is 0. The van der Waals surface area contributed by atoms with Gasteiger partial charge in [0.15, 0.2) is 0 Å². The summed E-state index contributed by atoms with van der Waals surface area (Å²) in [5.41, 5.74) is 3.44. The maximum Gasteiger partial charge on any atom is 0.271 e. The number of amides is 1. The minimum Gasteiger partial charge on any atom is -0.267 e. The van der Waals surface area contributed by atoms with Gasteiger partial charge in [0.1, 0.15) is 5.82 Å². The van der Waals surface area contributed by atoms with E-state index in [-0.39, 0.29) is 11.7 Å². The predicted molar refractivity (Wildman–Crippen MR) is 80.6 cm³/mol. The van der Waals surface area contributed by atoms with Crippen LogP contribution in [-0.4, -0.2) is 12.1 Å². The lowest BCUT2D eigenvalue weighted by atomic mass is 10.2. The lowest BCUT2D eigenvalue weighted by Gasteiger charge is -2.00. The van der Waals surface area contributed by atoms with Gasteiger partial charge >= 0.3 is 0 Å². The molecule has 0 bridgehead atoms. The van der Waals surface area contributed by atoms with E-state index in [1.807, 2.05) is 0 Å². The zero-order valence-corrected chi connectivity index (χ0v) is 12.5. The summed E-state index contributed by atoms with van der Waals surface area (Å²) < 4.78 is 13.4. The van der Waals surface area contributed by atoms with Gasteiger partial charge in [0.2, 0.25) is 0 Å². The van der Waals surface area contributed by atoms with E-state index in [2.05, 4.69) is 26.5 Å². The highest BCUT2D eigenvalue weighted by Gasteiger charge is 2.04. The van der Waals surface area contributed by atoms with E-state index in [4.69, 9.17) is 11.6 Å². The van der Waals surface area contributed by atoms with Crippen molar-refractivity contribution in [3.8, 4) is 0 Å². The molecular formula is C14H9BrClFN2O. The van der Waals surface area contributed by atoms with Gasteiger partial charge < -0.3 is 0 Å². The molecule has 0 aliphatic carbocycles. The summed E-state index contributed by atoms with van der Waals surface area (Å²) >= 11 is 8.86. The van der Waals surface area contributed by atoms with Crippen LogP contribution >= 0.6 is 27.5 Å². The molecule has 0 fully saturated rings. The third-order valence-electron chi connectivity index (χ3n) is 2.41. The third-order valence-corrected chi connectivity index (χ3v) is 3.25. The lowest BCUT2D eigenvalue weighted by Crippen LogP contribution is -2.17. The number of hydrogen-bond donors (Lipinski definition) is 1. The highest BCUT2D eigenvalue weighted by molar-refractivity contribution is 9.10. The summed E-state index contributed by atoms with van der Waals surface area (Å²) in [7, 11) is 0. The fourth-order valence-corrected chi connectivity index (χ4v) is 2.04. The monoisotopic (exact) mass is 354 g/mol. The zero-order valence-electron chi connectivity index (χ0n) is 10.1. The first-order chi connectivity index (χ1) is 9.56. The van der Waals surface area contributed by atoms with Crippen LogP contribution in [0.25, 0.3) is 0 Å². The van der Waals surface area contributed by atoms with Crippen LogP contribution < -0.4 is 5.43 Å². The van der Waals surface area contributed by atoms with Crippen molar-refractivity contribution in [2.24, 2.45) is 5.10 Å². The highest BCUT2D eigenvalue weighted by Crippen LogP contribution is 2.15. The van der Waals surface area contributed by atoms with Crippen LogP contribution in [-0.2, 0) is 0 Å². The summed E-state index contributed by atoms with van der Waals surface area (Å²) in [6.45, 7) is 0. The molecule has 2 rings (SSSR count). The number of nitrogens with one attached hydrogen (secondary N) is 1. The average molecular weight is 356 g/mol. The second kappa shape index (κ2) is 6.63. The van der Waals surface area contributed by atoms with Gasteiger partial charge in [-0.05, 0) is 51.8 Å². The molecule has 2 aromatic rings. The van der Waals surface area contributed by atoms with Crippen LogP contribution in [0, 0.1) is 5.82 Å². The van der Waals surface area contributed by atoms with Crippen molar-refractivity contribution in [3.05, 3.63) is 68.9 Å². The van der Waals surface area contributed by atoms with Gasteiger partial charge in [-0.15, -0.1) is 0 Å². The summed E-state index contributed by atoms with van der Waals surface area (Å²) in [6.07, 6.45) is 1.42. The maximum atomic E-state index is 13.0. The minimum absolute atomic E-state index is 0.336. The molecule has 1 amide bonds. The Labute approximate surface area is 128 Å². The normalized spacial score (nSPS) is 10.8. The van der Waals surface area contributed by atoms with Gasteiger partial charge in [0.05, 0.1) is 10.7 Å². The van der Waals surface area contributed by atoms with Crippen molar-refractivity contribution in [1.82, 2.24) is 5.43 Å². The summed E-state index contributed by atoms with van der Waals surface area (Å²) in [5, 5.41) is 4.28. The molecule has 0 aromatic heterocycles. The van der Waals surface area contributed by atoms with Crippen LogP contribution in [0.4, 0.5) is 4.39 Å². The smallest absolute Gasteiger partial charge is 0.267 e. The summed E-state index contributed by atoms with van der Waals surface area (Å²) in [6, 6.07) is 10.9. The number of halogens is 3. The molecule has 20 heavy (non-hydrogen) atoms. The first-order valence-corrected chi connectivity index (χ1v) is 6.77. The van der Waals surface area contributed by atoms with Crippen molar-refractivity contribution >= 4 is 39.7 Å². The topological polar surface area (TPSA) is 41.5 Å². The van der Waals surface area contributed by atoms with Gasteiger partial charge in [-0.25, -0.2) is 9.82 Å². The van der Waals surface area contributed by atoms with Crippen molar-refractivity contribution in [3.63, 3.8) is 0 Å². The average Bonchev–Trinajstić information content (AvgIpc) is 2.42. The Balaban J connectivity index is 2.02. The number of rotatable bonds is 3.